The van der Waals surface area contributed by atoms with E-state index in [0.717, 1.165) is 5.56 Å². The van der Waals surface area contributed by atoms with Gasteiger partial charge in [0, 0.05) is 18.7 Å². The summed E-state index contributed by atoms with van der Waals surface area (Å²) in [6.07, 6.45) is 0.113. The third-order valence-corrected chi connectivity index (χ3v) is 4.68. The van der Waals surface area contributed by atoms with Gasteiger partial charge in [-0.15, -0.1) is 0 Å². The predicted molar refractivity (Wildman–Crippen MR) is 102 cm³/mol. The number of amides is 3. The number of primary sulfonamides is 1. The Labute approximate surface area is 158 Å². The van der Waals surface area contributed by atoms with Crippen LogP contribution in [0.2, 0.25) is 0 Å². The molecular weight excluding hydrogens is 368 g/mol. The minimum atomic E-state index is -3.74. The fourth-order valence-electron chi connectivity index (χ4n) is 2.33. The van der Waals surface area contributed by atoms with Crippen LogP contribution in [0, 0.1) is 0 Å². The van der Waals surface area contributed by atoms with Crippen LogP contribution in [0.15, 0.2) is 59.5 Å². The molecule has 1 atom stereocenters. The van der Waals surface area contributed by atoms with Crippen LogP contribution in [-0.2, 0) is 14.8 Å². The number of carbonyl (C=O) groups excluding carboxylic acids is 2. The fourth-order valence-corrected chi connectivity index (χ4v) is 2.84. The topological polar surface area (TPSA) is 130 Å². The lowest BCUT2D eigenvalue weighted by Gasteiger charge is -2.15. The lowest BCUT2D eigenvalue weighted by molar-refractivity contribution is -0.121. The molecule has 0 saturated heterocycles. The smallest absolute Gasteiger partial charge is 0.319 e. The summed E-state index contributed by atoms with van der Waals surface area (Å²) in [5.74, 6) is -0.238. The Morgan fingerprint density at radius 3 is 2.26 bits per heavy atom. The molecule has 0 heterocycles. The predicted octanol–water partition coefficient (Wildman–Crippen LogP) is 1.72. The van der Waals surface area contributed by atoms with Gasteiger partial charge in [0.05, 0.1) is 10.9 Å². The van der Waals surface area contributed by atoms with Crippen LogP contribution in [0.25, 0.3) is 0 Å². The Morgan fingerprint density at radius 1 is 1.04 bits per heavy atom. The summed E-state index contributed by atoms with van der Waals surface area (Å²) in [6, 6.07) is 14.2. The summed E-state index contributed by atoms with van der Waals surface area (Å²) >= 11 is 0. The maximum atomic E-state index is 12.0. The number of hydrogen-bond acceptors (Lipinski definition) is 4. The first kappa shape index (κ1) is 20.4. The number of rotatable bonds is 7. The fraction of sp³-hybridized carbons (Fsp3) is 0.222. The molecule has 0 saturated carbocycles. The van der Waals surface area contributed by atoms with E-state index >= 15 is 0 Å². The first-order chi connectivity index (χ1) is 12.8. The van der Waals surface area contributed by atoms with Crippen molar-refractivity contribution in [1.29, 1.82) is 0 Å². The highest BCUT2D eigenvalue weighted by Crippen LogP contribution is 2.15. The molecule has 2 aromatic rings. The van der Waals surface area contributed by atoms with Crippen LogP contribution in [0.1, 0.15) is 24.9 Å². The molecule has 0 aromatic heterocycles. The van der Waals surface area contributed by atoms with Crippen LogP contribution in [0.4, 0.5) is 10.5 Å². The highest BCUT2D eigenvalue weighted by atomic mass is 32.2. The Bertz CT molecular complexity index is 883. The van der Waals surface area contributed by atoms with E-state index in [4.69, 9.17) is 5.14 Å². The third kappa shape index (κ3) is 6.72. The first-order valence-electron chi connectivity index (χ1n) is 8.28. The number of nitrogens with one attached hydrogen (secondary N) is 3. The molecule has 2 rings (SSSR count). The van der Waals surface area contributed by atoms with Gasteiger partial charge in [-0.05, 0) is 36.8 Å². The van der Waals surface area contributed by atoms with E-state index in [1.54, 1.807) is 43.3 Å². The minimum Gasteiger partial charge on any atom is -0.350 e. The summed E-state index contributed by atoms with van der Waals surface area (Å²) < 4.78 is 22.5. The Balaban J connectivity index is 1.75. The molecule has 5 N–H and O–H groups in total. The summed E-state index contributed by atoms with van der Waals surface area (Å²) in [4.78, 5) is 23.7. The second-order valence-electron chi connectivity index (χ2n) is 5.90. The van der Waals surface area contributed by atoms with Crippen LogP contribution < -0.4 is 21.1 Å². The van der Waals surface area contributed by atoms with Crippen LogP contribution in [0.3, 0.4) is 0 Å². The van der Waals surface area contributed by atoms with Crippen molar-refractivity contribution in [2.75, 3.05) is 11.9 Å². The van der Waals surface area contributed by atoms with Gasteiger partial charge in [-0.2, -0.15) is 0 Å². The maximum Gasteiger partial charge on any atom is 0.319 e. The number of urea groups is 1. The molecule has 0 aliphatic rings. The lowest BCUT2D eigenvalue weighted by Crippen LogP contribution is -2.34. The highest BCUT2D eigenvalue weighted by Gasteiger charge is 2.12. The molecule has 0 unspecified atom stereocenters. The van der Waals surface area contributed by atoms with Gasteiger partial charge in [0.2, 0.25) is 15.9 Å². The molecule has 144 valence electrons. The number of hydrogen-bond donors (Lipinski definition) is 4. The molecule has 0 spiro atoms. The van der Waals surface area contributed by atoms with Crippen molar-refractivity contribution >= 4 is 27.6 Å². The third-order valence-electron chi connectivity index (χ3n) is 3.76. The number of nitrogens with two attached hydrogens (primary N) is 1. The lowest BCUT2D eigenvalue weighted by atomic mass is 10.1. The van der Waals surface area contributed by atoms with Gasteiger partial charge in [-0.3, -0.25) is 4.79 Å². The van der Waals surface area contributed by atoms with Crippen molar-refractivity contribution in [1.82, 2.24) is 10.6 Å². The Kier molecular flexibility index (Phi) is 6.91. The minimum absolute atomic E-state index is 0.0124. The van der Waals surface area contributed by atoms with Gasteiger partial charge in [0.15, 0.2) is 0 Å². The molecule has 0 aliphatic carbocycles. The molecule has 0 aliphatic heterocycles. The molecule has 0 bridgehead atoms. The quantitative estimate of drug-likeness (QED) is 0.573. The molecule has 3 amide bonds. The van der Waals surface area contributed by atoms with Gasteiger partial charge in [0.25, 0.3) is 0 Å². The number of sulfonamides is 1. The summed E-state index contributed by atoms with van der Waals surface area (Å²) in [5.41, 5.74) is 1.40. The van der Waals surface area contributed by atoms with Crippen molar-refractivity contribution in [3.8, 4) is 0 Å². The molecule has 0 radical (unpaired) electrons. The SMILES string of the molecule is C[C@H](NC(=O)CCNC(=O)Nc1ccccc1)c1ccc(S(N)(=O)=O)cc1. The Morgan fingerprint density at radius 2 is 1.67 bits per heavy atom. The average molecular weight is 390 g/mol. The van der Waals surface area contributed by atoms with E-state index in [0.29, 0.717) is 5.69 Å². The molecular formula is C18H22N4O4S. The van der Waals surface area contributed by atoms with Gasteiger partial charge < -0.3 is 16.0 Å². The zero-order valence-electron chi connectivity index (χ0n) is 14.8. The zero-order valence-corrected chi connectivity index (χ0v) is 15.6. The van der Waals surface area contributed by atoms with E-state index < -0.39 is 10.0 Å². The molecule has 8 nitrogen and oxygen atoms in total. The standard InChI is InChI=1S/C18H22N4O4S/c1-13(14-7-9-16(10-8-14)27(19,25)26)21-17(23)11-12-20-18(24)22-15-5-3-2-4-6-15/h2-10,13H,11-12H2,1H3,(H,21,23)(H2,19,25,26)(H2,20,22,24)/t13-/m0/s1. The van der Waals surface area contributed by atoms with Crippen molar-refractivity contribution in [3.05, 3.63) is 60.2 Å². The van der Waals surface area contributed by atoms with E-state index in [9.17, 15) is 18.0 Å². The van der Waals surface area contributed by atoms with Crippen molar-refractivity contribution < 1.29 is 18.0 Å². The zero-order chi connectivity index (χ0) is 19.9. The molecule has 9 heteroatoms. The molecule has 27 heavy (non-hydrogen) atoms. The average Bonchev–Trinajstić information content (AvgIpc) is 2.62. The van der Waals surface area contributed by atoms with E-state index in [-0.39, 0.29) is 35.8 Å². The molecule has 2 aromatic carbocycles. The van der Waals surface area contributed by atoms with E-state index in [1.807, 2.05) is 6.07 Å². The van der Waals surface area contributed by atoms with Crippen LogP contribution >= 0.6 is 0 Å². The van der Waals surface area contributed by atoms with Crippen molar-refractivity contribution in [2.24, 2.45) is 5.14 Å². The largest absolute Gasteiger partial charge is 0.350 e. The van der Waals surface area contributed by atoms with Crippen molar-refractivity contribution in [3.63, 3.8) is 0 Å². The monoisotopic (exact) mass is 390 g/mol. The van der Waals surface area contributed by atoms with Crippen molar-refractivity contribution in [2.45, 2.75) is 24.3 Å². The number of para-hydroxylation sites is 1. The summed E-state index contributed by atoms with van der Waals surface area (Å²) in [7, 11) is -3.74. The number of benzene rings is 2. The van der Waals surface area contributed by atoms with Crippen LogP contribution in [-0.4, -0.2) is 26.9 Å². The van der Waals surface area contributed by atoms with Gasteiger partial charge in [-0.25, -0.2) is 18.4 Å². The number of carbonyl (C=O) groups is 2. The first-order valence-corrected chi connectivity index (χ1v) is 9.82. The maximum absolute atomic E-state index is 12.0. The van der Waals surface area contributed by atoms with E-state index in [1.165, 1.54) is 12.1 Å². The second kappa shape index (κ2) is 9.15. The second-order valence-corrected chi connectivity index (χ2v) is 7.46. The summed E-state index contributed by atoms with van der Waals surface area (Å²) in [5, 5.41) is 13.1. The Hall–Kier alpha value is -2.91. The van der Waals surface area contributed by atoms with Gasteiger partial charge in [-0.1, -0.05) is 30.3 Å². The van der Waals surface area contributed by atoms with Gasteiger partial charge >= 0.3 is 6.03 Å². The van der Waals surface area contributed by atoms with Gasteiger partial charge in [0.1, 0.15) is 0 Å². The molecule has 0 fully saturated rings. The normalized spacial score (nSPS) is 12.1. The number of anilines is 1. The van der Waals surface area contributed by atoms with E-state index in [2.05, 4.69) is 16.0 Å². The highest BCUT2D eigenvalue weighted by molar-refractivity contribution is 7.89. The summed E-state index contributed by atoms with van der Waals surface area (Å²) in [6.45, 7) is 1.96. The van der Waals surface area contributed by atoms with Crippen LogP contribution in [0.5, 0.6) is 0 Å².